The maximum Gasteiger partial charge on any atom is 0.253 e. The Morgan fingerprint density at radius 1 is 1.47 bits per heavy atom. The van der Waals surface area contributed by atoms with Crippen molar-refractivity contribution in [1.29, 1.82) is 0 Å². The zero-order chi connectivity index (χ0) is 13.8. The Morgan fingerprint density at radius 3 is 2.89 bits per heavy atom. The van der Waals surface area contributed by atoms with Crippen molar-refractivity contribution in [2.75, 3.05) is 5.73 Å². The first-order chi connectivity index (χ1) is 9.10. The topological polar surface area (TPSA) is 92.0 Å². The number of benzene rings is 1. The first-order valence-electron chi connectivity index (χ1n) is 5.92. The molecule has 19 heavy (non-hydrogen) atoms. The lowest BCUT2D eigenvalue weighted by Gasteiger charge is -2.12. The largest absolute Gasteiger partial charge is 0.388 e. The van der Waals surface area contributed by atoms with Crippen LogP contribution in [0.4, 0.5) is 5.82 Å². The number of rotatable bonds is 4. The van der Waals surface area contributed by atoms with E-state index in [0.29, 0.717) is 11.6 Å². The van der Waals surface area contributed by atoms with Crippen LogP contribution in [-0.4, -0.2) is 15.1 Å². The number of aromatic amines is 1. The van der Waals surface area contributed by atoms with Crippen molar-refractivity contribution < 1.29 is 5.11 Å². The third-order valence-corrected chi connectivity index (χ3v) is 3.59. The average Bonchev–Trinajstić information content (AvgIpc) is 2.37. The Bertz CT molecular complexity index is 627. The summed E-state index contributed by atoms with van der Waals surface area (Å²) in [5.41, 5.74) is 6.07. The van der Waals surface area contributed by atoms with E-state index in [1.807, 2.05) is 31.2 Å². The fraction of sp³-hybridized carbons (Fsp3) is 0.231. The summed E-state index contributed by atoms with van der Waals surface area (Å²) in [7, 11) is 0. The number of nitrogens with zero attached hydrogens (tertiary/aromatic N) is 1. The lowest BCUT2D eigenvalue weighted by Crippen LogP contribution is -2.09. The number of H-pyrrole nitrogens is 1. The molecule has 0 amide bonds. The lowest BCUT2D eigenvalue weighted by atomic mass is 10.1. The van der Waals surface area contributed by atoms with Gasteiger partial charge >= 0.3 is 0 Å². The van der Waals surface area contributed by atoms with Crippen molar-refractivity contribution in [1.82, 2.24) is 9.97 Å². The zero-order valence-corrected chi connectivity index (χ0v) is 11.3. The van der Waals surface area contributed by atoms with Gasteiger partial charge in [0.2, 0.25) is 0 Å². The predicted octanol–water partition coefficient (Wildman–Crippen LogP) is 1.95. The van der Waals surface area contributed by atoms with Gasteiger partial charge in [0.1, 0.15) is 5.82 Å². The molecule has 0 saturated carbocycles. The Labute approximate surface area is 114 Å². The number of anilines is 1. The molecule has 0 bridgehead atoms. The minimum Gasteiger partial charge on any atom is -0.388 e. The zero-order valence-electron chi connectivity index (χ0n) is 10.5. The smallest absolute Gasteiger partial charge is 0.253 e. The van der Waals surface area contributed by atoms with Gasteiger partial charge < -0.3 is 15.8 Å². The standard InChI is InChI=1S/C13H15N3O2S/c1-2-9(17)8-5-3-4-6-10(8)19-13-15-11(14)7-12(18)16-13/h3-7,9,17H,2H2,1H3,(H3,14,15,16,18)/t9-/m1/s1. The Morgan fingerprint density at radius 2 is 2.21 bits per heavy atom. The monoisotopic (exact) mass is 277 g/mol. The number of aromatic nitrogens is 2. The molecule has 0 aliphatic rings. The van der Waals surface area contributed by atoms with Gasteiger partial charge in [-0.1, -0.05) is 36.9 Å². The van der Waals surface area contributed by atoms with Crippen molar-refractivity contribution in [3.05, 3.63) is 46.2 Å². The summed E-state index contributed by atoms with van der Waals surface area (Å²) in [6.45, 7) is 1.91. The molecule has 0 radical (unpaired) electrons. The molecule has 1 aromatic heterocycles. The van der Waals surface area contributed by atoms with Crippen LogP contribution in [0.5, 0.6) is 0 Å². The highest BCUT2D eigenvalue weighted by Crippen LogP contribution is 2.32. The van der Waals surface area contributed by atoms with Gasteiger partial charge in [-0.15, -0.1) is 0 Å². The van der Waals surface area contributed by atoms with Crippen molar-refractivity contribution in [2.24, 2.45) is 0 Å². The molecule has 5 nitrogen and oxygen atoms in total. The molecule has 0 saturated heterocycles. The molecule has 1 heterocycles. The van der Waals surface area contributed by atoms with Crippen LogP contribution in [0.3, 0.4) is 0 Å². The van der Waals surface area contributed by atoms with Gasteiger partial charge in [-0.2, -0.15) is 0 Å². The number of nitrogens with two attached hydrogens (primary N) is 1. The maximum atomic E-state index is 11.3. The van der Waals surface area contributed by atoms with E-state index in [9.17, 15) is 9.90 Å². The Kier molecular flexibility index (Phi) is 4.24. The van der Waals surface area contributed by atoms with Gasteiger partial charge in [-0.3, -0.25) is 4.79 Å². The van der Waals surface area contributed by atoms with E-state index in [4.69, 9.17) is 5.73 Å². The second kappa shape index (κ2) is 5.90. The summed E-state index contributed by atoms with van der Waals surface area (Å²) in [5, 5.41) is 10.4. The van der Waals surface area contributed by atoms with Crippen LogP contribution in [0.1, 0.15) is 25.0 Å². The predicted molar refractivity (Wildman–Crippen MR) is 75.1 cm³/mol. The molecule has 100 valence electrons. The minimum atomic E-state index is -0.531. The van der Waals surface area contributed by atoms with Crippen LogP contribution >= 0.6 is 11.8 Å². The van der Waals surface area contributed by atoms with Gasteiger partial charge in [0.15, 0.2) is 5.16 Å². The number of aliphatic hydroxyl groups excluding tert-OH is 1. The quantitative estimate of drug-likeness (QED) is 0.743. The molecule has 1 aromatic carbocycles. The van der Waals surface area contributed by atoms with Crippen molar-refractivity contribution in [3.63, 3.8) is 0 Å². The van der Waals surface area contributed by atoms with Crippen LogP contribution in [0.25, 0.3) is 0 Å². The first-order valence-corrected chi connectivity index (χ1v) is 6.73. The van der Waals surface area contributed by atoms with Crippen LogP contribution in [-0.2, 0) is 0 Å². The molecule has 0 fully saturated rings. The number of aliphatic hydroxyl groups is 1. The van der Waals surface area contributed by atoms with E-state index < -0.39 is 6.10 Å². The molecular formula is C13H15N3O2S. The molecule has 0 aliphatic heterocycles. The Balaban J connectivity index is 2.35. The van der Waals surface area contributed by atoms with Crippen molar-refractivity contribution in [2.45, 2.75) is 29.5 Å². The molecule has 2 aromatic rings. The van der Waals surface area contributed by atoms with E-state index >= 15 is 0 Å². The van der Waals surface area contributed by atoms with Gasteiger partial charge in [0, 0.05) is 11.0 Å². The fourth-order valence-corrected chi connectivity index (χ4v) is 2.65. The van der Waals surface area contributed by atoms with Gasteiger partial charge in [-0.05, 0) is 18.1 Å². The summed E-state index contributed by atoms with van der Waals surface area (Å²) in [6, 6.07) is 8.71. The Hall–Kier alpha value is -1.79. The van der Waals surface area contributed by atoms with Gasteiger partial charge in [-0.25, -0.2) is 4.98 Å². The highest BCUT2D eigenvalue weighted by atomic mass is 32.2. The van der Waals surface area contributed by atoms with Crippen molar-refractivity contribution >= 4 is 17.6 Å². The second-order valence-electron chi connectivity index (χ2n) is 4.04. The number of nitrogens with one attached hydrogen (secondary N) is 1. The molecule has 0 unspecified atom stereocenters. The maximum absolute atomic E-state index is 11.3. The molecule has 0 aliphatic carbocycles. The van der Waals surface area contributed by atoms with Gasteiger partial charge in [0.05, 0.1) is 6.10 Å². The normalized spacial score (nSPS) is 12.3. The van der Waals surface area contributed by atoms with E-state index in [1.165, 1.54) is 17.8 Å². The molecule has 2 rings (SSSR count). The van der Waals surface area contributed by atoms with Crippen LogP contribution in [0, 0.1) is 0 Å². The summed E-state index contributed by atoms with van der Waals surface area (Å²) in [4.78, 5) is 18.9. The molecule has 6 heteroatoms. The molecule has 1 atom stereocenters. The third kappa shape index (κ3) is 3.36. The first kappa shape index (κ1) is 13.6. The summed E-state index contributed by atoms with van der Waals surface area (Å²) in [5.74, 6) is 0.180. The van der Waals surface area contributed by atoms with E-state index in [0.717, 1.165) is 10.5 Å². The fourth-order valence-electron chi connectivity index (χ4n) is 1.67. The van der Waals surface area contributed by atoms with Crippen LogP contribution in [0.15, 0.2) is 45.2 Å². The van der Waals surface area contributed by atoms with Crippen LogP contribution in [0.2, 0.25) is 0 Å². The highest BCUT2D eigenvalue weighted by molar-refractivity contribution is 7.99. The minimum absolute atomic E-state index is 0.180. The summed E-state index contributed by atoms with van der Waals surface area (Å²) >= 11 is 1.28. The van der Waals surface area contributed by atoms with E-state index in [-0.39, 0.29) is 11.4 Å². The number of hydrogen-bond donors (Lipinski definition) is 3. The summed E-state index contributed by atoms with van der Waals surface area (Å²) < 4.78 is 0. The molecule has 0 spiro atoms. The lowest BCUT2D eigenvalue weighted by molar-refractivity contribution is 0.171. The van der Waals surface area contributed by atoms with E-state index in [2.05, 4.69) is 9.97 Å². The average molecular weight is 277 g/mol. The molecule has 4 N–H and O–H groups in total. The van der Waals surface area contributed by atoms with E-state index in [1.54, 1.807) is 0 Å². The second-order valence-corrected chi connectivity index (χ2v) is 5.07. The number of nitrogen functional groups attached to an aromatic ring is 1. The SMILES string of the molecule is CC[C@@H](O)c1ccccc1Sc1nc(N)cc(=O)[nH]1. The highest BCUT2D eigenvalue weighted by Gasteiger charge is 2.12. The van der Waals surface area contributed by atoms with Gasteiger partial charge in [0.25, 0.3) is 5.56 Å². The third-order valence-electron chi connectivity index (χ3n) is 2.61. The van der Waals surface area contributed by atoms with Crippen LogP contribution < -0.4 is 11.3 Å². The van der Waals surface area contributed by atoms with Crippen molar-refractivity contribution in [3.8, 4) is 0 Å². The summed E-state index contributed by atoms with van der Waals surface area (Å²) in [6.07, 6.45) is 0.0924. The number of hydrogen-bond acceptors (Lipinski definition) is 5. The molecular weight excluding hydrogens is 262 g/mol.